The Morgan fingerprint density at radius 3 is 2.95 bits per heavy atom. The lowest BCUT2D eigenvalue weighted by atomic mass is 10.2. The minimum absolute atomic E-state index is 0.00949. The molecule has 0 heterocycles. The molecule has 19 heavy (non-hydrogen) atoms. The topological polar surface area (TPSA) is 38.5 Å². The zero-order chi connectivity index (χ0) is 14.3. The second-order valence-corrected chi connectivity index (χ2v) is 4.18. The molecule has 0 aromatic heterocycles. The fraction of sp³-hybridized carbons (Fsp3) is 0.250. The van der Waals surface area contributed by atoms with Gasteiger partial charge in [-0.05, 0) is 25.1 Å². The van der Waals surface area contributed by atoms with Crippen LogP contribution in [-0.2, 0) is 0 Å². The molecule has 1 aromatic rings. The molecule has 3 nitrogen and oxygen atoms in total. The molecule has 0 aliphatic heterocycles. The van der Waals surface area contributed by atoms with Crippen molar-refractivity contribution in [2.45, 2.75) is 13.0 Å². The Labute approximate surface area is 115 Å². The van der Waals surface area contributed by atoms with E-state index in [0.717, 1.165) is 11.3 Å². The van der Waals surface area contributed by atoms with Gasteiger partial charge < -0.3 is 15.4 Å². The Hall–Kier alpha value is -2.34. The highest BCUT2D eigenvalue weighted by Crippen LogP contribution is 2.12. The highest BCUT2D eigenvalue weighted by atomic mass is 16.5. The van der Waals surface area contributed by atoms with Gasteiger partial charge in [-0.15, -0.1) is 0 Å². The molecule has 0 amide bonds. The second kappa shape index (κ2) is 7.17. The molecule has 0 radical (unpaired) electrons. The Morgan fingerprint density at radius 1 is 1.58 bits per heavy atom. The van der Waals surface area contributed by atoms with Gasteiger partial charge in [0.05, 0.1) is 11.9 Å². The molecule has 1 atom stereocenters. The van der Waals surface area contributed by atoms with Crippen molar-refractivity contribution in [2.24, 2.45) is 5.73 Å². The molecule has 3 heteroatoms. The summed E-state index contributed by atoms with van der Waals surface area (Å²) in [5, 5.41) is 0. The second-order valence-electron chi connectivity index (χ2n) is 4.18. The molecule has 0 fully saturated rings. The molecule has 0 aliphatic carbocycles. The van der Waals surface area contributed by atoms with E-state index in [0.29, 0.717) is 12.4 Å². The minimum atomic E-state index is 0.00949. The van der Waals surface area contributed by atoms with E-state index in [1.54, 1.807) is 6.08 Å². The predicted octanol–water partition coefficient (Wildman–Crippen LogP) is 2.35. The predicted molar refractivity (Wildman–Crippen MR) is 79.6 cm³/mol. The third-order valence-corrected chi connectivity index (χ3v) is 2.66. The summed E-state index contributed by atoms with van der Waals surface area (Å²) in [6.07, 6.45) is 1.71. The van der Waals surface area contributed by atoms with Crippen LogP contribution in [0.5, 0.6) is 5.75 Å². The molecule has 0 saturated heterocycles. The maximum atomic E-state index is 5.62. The first-order valence-electron chi connectivity index (χ1n) is 6.07. The number of hydrogen-bond donors (Lipinski definition) is 1. The van der Waals surface area contributed by atoms with Crippen LogP contribution in [0.3, 0.4) is 0 Å². The monoisotopic (exact) mass is 256 g/mol. The number of rotatable bonds is 5. The van der Waals surface area contributed by atoms with Crippen LogP contribution in [0.15, 0.2) is 49.3 Å². The standard InChI is InChI=1S/C16H20N2O/c1-5-11-19-16-8-6-7-15(12-16)10-9-13(2)18(4)14(3)17/h5-8,12-13H,1,3,11,17H2,2,4H3. The van der Waals surface area contributed by atoms with Gasteiger partial charge in [0, 0.05) is 12.6 Å². The maximum Gasteiger partial charge on any atom is 0.121 e. The Kier molecular flexibility index (Phi) is 5.56. The average Bonchev–Trinajstić information content (AvgIpc) is 2.42. The summed E-state index contributed by atoms with van der Waals surface area (Å²) in [4.78, 5) is 1.82. The van der Waals surface area contributed by atoms with Crippen LogP contribution < -0.4 is 10.5 Å². The Bertz CT molecular complexity index is 511. The van der Waals surface area contributed by atoms with E-state index in [2.05, 4.69) is 25.0 Å². The van der Waals surface area contributed by atoms with Crippen LogP contribution >= 0.6 is 0 Å². The number of nitrogens with two attached hydrogens (primary N) is 1. The highest BCUT2D eigenvalue weighted by Gasteiger charge is 2.04. The van der Waals surface area contributed by atoms with Crippen LogP contribution in [0.2, 0.25) is 0 Å². The molecule has 0 bridgehead atoms. The van der Waals surface area contributed by atoms with Crippen LogP contribution in [0, 0.1) is 11.8 Å². The van der Waals surface area contributed by atoms with E-state index >= 15 is 0 Å². The van der Waals surface area contributed by atoms with Crippen molar-refractivity contribution in [3.63, 3.8) is 0 Å². The maximum absolute atomic E-state index is 5.62. The third-order valence-electron chi connectivity index (χ3n) is 2.66. The molecule has 0 aliphatic rings. The van der Waals surface area contributed by atoms with E-state index in [1.807, 2.05) is 43.1 Å². The largest absolute Gasteiger partial charge is 0.490 e. The molecule has 1 rings (SSSR count). The molecule has 1 unspecified atom stereocenters. The zero-order valence-corrected chi connectivity index (χ0v) is 11.5. The van der Waals surface area contributed by atoms with E-state index < -0.39 is 0 Å². The van der Waals surface area contributed by atoms with Gasteiger partial charge >= 0.3 is 0 Å². The van der Waals surface area contributed by atoms with Crippen molar-refractivity contribution < 1.29 is 4.74 Å². The lowest BCUT2D eigenvalue weighted by Gasteiger charge is -2.21. The minimum Gasteiger partial charge on any atom is -0.490 e. The fourth-order valence-electron chi connectivity index (χ4n) is 1.35. The van der Waals surface area contributed by atoms with Gasteiger partial charge in [-0.3, -0.25) is 0 Å². The summed E-state index contributed by atoms with van der Waals surface area (Å²) in [7, 11) is 1.87. The van der Waals surface area contributed by atoms with Crippen molar-refractivity contribution in [1.29, 1.82) is 0 Å². The van der Waals surface area contributed by atoms with Crippen molar-refractivity contribution in [3.05, 3.63) is 54.9 Å². The van der Waals surface area contributed by atoms with Gasteiger partial charge in [0.25, 0.3) is 0 Å². The van der Waals surface area contributed by atoms with E-state index in [-0.39, 0.29) is 6.04 Å². The summed E-state index contributed by atoms with van der Waals surface area (Å²) in [5.41, 5.74) is 6.53. The number of benzene rings is 1. The van der Waals surface area contributed by atoms with Gasteiger partial charge in [0.1, 0.15) is 12.4 Å². The first kappa shape index (κ1) is 14.7. The third kappa shape index (κ3) is 4.81. The molecule has 2 N–H and O–H groups in total. The van der Waals surface area contributed by atoms with Gasteiger partial charge in [-0.25, -0.2) is 0 Å². The summed E-state index contributed by atoms with van der Waals surface area (Å²) >= 11 is 0. The smallest absolute Gasteiger partial charge is 0.121 e. The SMILES string of the molecule is C=CCOc1cccc(C#CC(C)N(C)C(=C)N)c1. The average molecular weight is 256 g/mol. The number of hydrogen-bond acceptors (Lipinski definition) is 3. The molecular weight excluding hydrogens is 236 g/mol. The summed E-state index contributed by atoms with van der Waals surface area (Å²) in [6.45, 7) is 9.76. The van der Waals surface area contributed by atoms with Crippen LogP contribution in [0.4, 0.5) is 0 Å². The van der Waals surface area contributed by atoms with Crippen LogP contribution in [-0.4, -0.2) is 24.6 Å². The lowest BCUT2D eigenvalue weighted by molar-refractivity contribution is 0.363. The first-order valence-corrected chi connectivity index (χ1v) is 6.07. The normalized spacial score (nSPS) is 10.8. The first-order chi connectivity index (χ1) is 9.04. The summed E-state index contributed by atoms with van der Waals surface area (Å²) in [6, 6.07) is 7.67. The van der Waals surface area contributed by atoms with Gasteiger partial charge in [0.15, 0.2) is 0 Å². The zero-order valence-electron chi connectivity index (χ0n) is 11.5. The van der Waals surface area contributed by atoms with Gasteiger partial charge in [-0.2, -0.15) is 0 Å². The van der Waals surface area contributed by atoms with Crippen molar-refractivity contribution in [2.75, 3.05) is 13.7 Å². The molecule has 1 aromatic carbocycles. The Balaban J connectivity index is 2.77. The lowest BCUT2D eigenvalue weighted by Crippen LogP contribution is -2.30. The van der Waals surface area contributed by atoms with Crippen LogP contribution in [0.25, 0.3) is 0 Å². The van der Waals surface area contributed by atoms with Crippen molar-refractivity contribution >= 4 is 0 Å². The molecule has 100 valence electrons. The van der Waals surface area contributed by atoms with Gasteiger partial charge in [0.2, 0.25) is 0 Å². The quantitative estimate of drug-likeness (QED) is 0.649. The fourth-order valence-corrected chi connectivity index (χ4v) is 1.35. The van der Waals surface area contributed by atoms with E-state index in [1.165, 1.54) is 0 Å². The van der Waals surface area contributed by atoms with Crippen molar-refractivity contribution in [3.8, 4) is 17.6 Å². The summed E-state index contributed by atoms with van der Waals surface area (Å²) in [5.74, 6) is 7.52. The van der Waals surface area contributed by atoms with Gasteiger partial charge in [-0.1, -0.05) is 37.1 Å². The number of nitrogens with zero attached hydrogens (tertiary/aromatic N) is 1. The molecular formula is C16H20N2O. The molecule has 0 spiro atoms. The Morgan fingerprint density at radius 2 is 2.32 bits per heavy atom. The highest BCUT2D eigenvalue weighted by molar-refractivity contribution is 5.40. The van der Waals surface area contributed by atoms with Crippen molar-refractivity contribution in [1.82, 2.24) is 4.90 Å². The van der Waals surface area contributed by atoms with E-state index in [9.17, 15) is 0 Å². The molecule has 0 saturated carbocycles. The number of ether oxygens (including phenoxy) is 1. The van der Waals surface area contributed by atoms with Crippen LogP contribution in [0.1, 0.15) is 12.5 Å². The van der Waals surface area contributed by atoms with E-state index in [4.69, 9.17) is 10.5 Å². The summed E-state index contributed by atoms with van der Waals surface area (Å²) < 4.78 is 5.46.